The average Bonchev–Trinajstić information content (AvgIpc) is 2.46. The van der Waals surface area contributed by atoms with E-state index in [2.05, 4.69) is 20.9 Å². The molecule has 0 aliphatic heterocycles. The molecular weight excluding hydrogens is 451 g/mol. The van der Waals surface area contributed by atoms with E-state index in [4.69, 9.17) is 0 Å². The van der Waals surface area contributed by atoms with Gasteiger partial charge in [0.15, 0.2) is 0 Å². The molecule has 0 spiro atoms. The summed E-state index contributed by atoms with van der Waals surface area (Å²) < 4.78 is 2.49. The second-order valence-electron chi connectivity index (χ2n) is 4.27. The summed E-state index contributed by atoms with van der Waals surface area (Å²) in [6.07, 6.45) is 1.49. The number of benzene rings is 1. The van der Waals surface area contributed by atoms with Gasteiger partial charge in [0.1, 0.15) is 0 Å². The van der Waals surface area contributed by atoms with E-state index in [9.17, 15) is 14.7 Å². The van der Waals surface area contributed by atoms with Gasteiger partial charge in [-0.15, -0.1) is 0 Å². The van der Waals surface area contributed by atoms with E-state index in [0.717, 1.165) is 5.56 Å². The molecule has 1 aromatic heterocycles. The predicted molar refractivity (Wildman–Crippen MR) is 93.4 cm³/mol. The summed E-state index contributed by atoms with van der Waals surface area (Å²) in [4.78, 5) is 25.4. The smallest absolute Gasteiger partial charge is 0.328 e. The third-order valence-corrected chi connectivity index (χ3v) is 4.38. The number of H-pyrrole nitrogens is 1. The Morgan fingerprint density at radius 3 is 2.57 bits per heavy atom. The van der Waals surface area contributed by atoms with Gasteiger partial charge in [-0.25, -0.2) is 4.79 Å². The topological polar surface area (TPSA) is 75.1 Å². The summed E-state index contributed by atoms with van der Waals surface area (Å²) in [7, 11) is 0. The number of hydrogen-bond acceptors (Lipinski definition) is 3. The number of aliphatic hydroxyl groups is 1. The fourth-order valence-electron chi connectivity index (χ4n) is 1.82. The maximum Gasteiger partial charge on any atom is 0.328 e. The molecule has 0 amide bonds. The Morgan fingerprint density at radius 1 is 1.29 bits per heavy atom. The molecule has 2 aromatic rings. The number of hydrogen-bond donors (Lipinski definition) is 2. The molecule has 0 atom stereocenters. The number of nitrogens with one attached hydrogen (secondary N) is 1. The van der Waals surface area contributed by atoms with E-state index in [1.807, 2.05) is 52.9 Å². The van der Waals surface area contributed by atoms with Crippen molar-refractivity contribution in [1.82, 2.24) is 9.55 Å². The first-order chi connectivity index (χ1) is 10.0. The minimum Gasteiger partial charge on any atom is -0.392 e. The van der Waals surface area contributed by atoms with Gasteiger partial charge in [0.2, 0.25) is 0 Å². The number of aliphatic hydroxyl groups excluding tert-OH is 1. The van der Waals surface area contributed by atoms with Crippen molar-refractivity contribution in [1.29, 1.82) is 0 Å². The molecule has 0 fully saturated rings. The van der Waals surface area contributed by atoms with Crippen LogP contribution in [0.25, 0.3) is 5.57 Å². The predicted octanol–water partition coefficient (Wildman–Crippen LogP) is 1.94. The molecule has 21 heavy (non-hydrogen) atoms. The molecule has 2 N–H and O–H groups in total. The van der Waals surface area contributed by atoms with E-state index < -0.39 is 11.2 Å². The Bertz CT molecular complexity index is 781. The zero-order valence-electron chi connectivity index (χ0n) is 10.8. The van der Waals surface area contributed by atoms with Crippen LogP contribution in [0.5, 0.6) is 0 Å². The van der Waals surface area contributed by atoms with Crippen LogP contribution in [-0.4, -0.2) is 21.3 Å². The van der Waals surface area contributed by atoms with Crippen LogP contribution in [0.4, 0.5) is 0 Å². The third-order valence-electron chi connectivity index (χ3n) is 2.88. The highest BCUT2D eigenvalue weighted by molar-refractivity contribution is 14.1. The van der Waals surface area contributed by atoms with E-state index in [-0.39, 0.29) is 13.2 Å². The molecule has 1 aromatic carbocycles. The van der Waals surface area contributed by atoms with E-state index in [1.54, 1.807) is 0 Å². The summed E-state index contributed by atoms with van der Waals surface area (Å²) in [5, 5.41) is 9.56. The monoisotopic (exact) mass is 462 g/mol. The first-order valence-corrected chi connectivity index (χ1v) is 7.93. The standard InChI is InChI=1S/C14H12BrIN2O3/c15-11(10(8-19)9-4-2-1-3-5-9)6-18-7-12(16)13(20)17-14(18)21/h1-5,7,19H,6,8H2,(H,17,20,21)/b11-10-. The van der Waals surface area contributed by atoms with Crippen LogP contribution in [0.2, 0.25) is 0 Å². The van der Waals surface area contributed by atoms with Gasteiger partial charge >= 0.3 is 5.69 Å². The van der Waals surface area contributed by atoms with Crippen molar-refractivity contribution in [3.05, 3.63) is 71.0 Å². The molecule has 0 unspecified atom stereocenters. The molecule has 0 bridgehead atoms. The van der Waals surface area contributed by atoms with E-state index in [0.29, 0.717) is 13.6 Å². The van der Waals surface area contributed by atoms with Crippen LogP contribution >= 0.6 is 38.5 Å². The van der Waals surface area contributed by atoms with Gasteiger partial charge in [0.05, 0.1) is 16.7 Å². The average molecular weight is 463 g/mol. The van der Waals surface area contributed by atoms with E-state index in [1.165, 1.54) is 10.8 Å². The molecule has 7 heteroatoms. The minimum absolute atomic E-state index is 0.153. The van der Waals surface area contributed by atoms with Crippen LogP contribution in [0.3, 0.4) is 0 Å². The van der Waals surface area contributed by atoms with Crippen LogP contribution < -0.4 is 11.2 Å². The van der Waals surface area contributed by atoms with Gasteiger partial charge in [-0.3, -0.25) is 14.3 Å². The number of aromatic nitrogens is 2. The van der Waals surface area contributed by atoms with Gasteiger partial charge < -0.3 is 5.11 Å². The molecule has 110 valence electrons. The molecule has 2 rings (SSSR count). The lowest BCUT2D eigenvalue weighted by Gasteiger charge is -2.10. The number of halogens is 2. The highest BCUT2D eigenvalue weighted by Gasteiger charge is 2.09. The van der Waals surface area contributed by atoms with Crippen LogP contribution in [0.1, 0.15) is 5.56 Å². The largest absolute Gasteiger partial charge is 0.392 e. The van der Waals surface area contributed by atoms with Crippen molar-refractivity contribution in [3.63, 3.8) is 0 Å². The summed E-state index contributed by atoms with van der Waals surface area (Å²) in [6, 6.07) is 9.40. The van der Waals surface area contributed by atoms with Crippen molar-refractivity contribution < 1.29 is 5.11 Å². The summed E-state index contributed by atoms with van der Waals surface area (Å²) in [5.41, 5.74) is 0.688. The fourth-order valence-corrected chi connectivity index (χ4v) is 2.91. The summed E-state index contributed by atoms with van der Waals surface area (Å²) >= 11 is 5.29. The Kier molecular flexibility index (Phi) is 5.54. The Hall–Kier alpha value is -1.19. The Morgan fingerprint density at radius 2 is 1.95 bits per heavy atom. The normalized spacial score (nSPS) is 12.1. The number of nitrogens with zero attached hydrogens (tertiary/aromatic N) is 1. The van der Waals surface area contributed by atoms with E-state index >= 15 is 0 Å². The SMILES string of the molecule is O=c1[nH]c(=O)n(C/C(Br)=C(\CO)c2ccccc2)cc1I. The van der Waals surface area contributed by atoms with Gasteiger partial charge in [-0.05, 0) is 33.7 Å². The lowest BCUT2D eigenvalue weighted by Crippen LogP contribution is -2.31. The molecule has 0 radical (unpaired) electrons. The lowest BCUT2D eigenvalue weighted by atomic mass is 10.1. The van der Waals surface area contributed by atoms with Crippen molar-refractivity contribution in [2.45, 2.75) is 6.54 Å². The van der Waals surface area contributed by atoms with Gasteiger partial charge in [-0.1, -0.05) is 46.3 Å². The maximum absolute atomic E-state index is 11.8. The summed E-state index contributed by atoms with van der Waals surface area (Å²) in [5.74, 6) is 0. The van der Waals surface area contributed by atoms with Crippen LogP contribution in [-0.2, 0) is 6.54 Å². The molecule has 0 saturated carbocycles. The highest BCUT2D eigenvalue weighted by atomic mass is 127. The second-order valence-corrected chi connectivity index (χ2v) is 6.39. The fraction of sp³-hybridized carbons (Fsp3) is 0.143. The maximum atomic E-state index is 11.8. The van der Waals surface area contributed by atoms with Crippen LogP contribution in [0, 0.1) is 3.57 Å². The second kappa shape index (κ2) is 7.19. The van der Waals surface area contributed by atoms with Crippen molar-refractivity contribution >= 4 is 44.1 Å². The van der Waals surface area contributed by atoms with Crippen LogP contribution in [0.15, 0.2) is 50.6 Å². The lowest BCUT2D eigenvalue weighted by molar-refractivity contribution is 0.349. The van der Waals surface area contributed by atoms with Gasteiger partial charge in [0, 0.05) is 10.7 Å². The first kappa shape index (κ1) is 16.2. The third kappa shape index (κ3) is 3.92. The Balaban J connectivity index is 2.42. The minimum atomic E-state index is -0.484. The number of allylic oxidation sites excluding steroid dienone is 1. The molecule has 5 nitrogen and oxygen atoms in total. The first-order valence-electron chi connectivity index (χ1n) is 6.06. The zero-order valence-corrected chi connectivity index (χ0v) is 14.6. The highest BCUT2D eigenvalue weighted by Crippen LogP contribution is 2.23. The van der Waals surface area contributed by atoms with Gasteiger partial charge in [-0.2, -0.15) is 0 Å². The van der Waals surface area contributed by atoms with Crippen molar-refractivity contribution in [2.24, 2.45) is 0 Å². The van der Waals surface area contributed by atoms with Crippen molar-refractivity contribution in [2.75, 3.05) is 6.61 Å². The number of aromatic amines is 1. The quantitative estimate of drug-likeness (QED) is 0.682. The molecule has 0 aliphatic carbocycles. The molecule has 0 saturated heterocycles. The molecule has 0 aliphatic rings. The molecular formula is C14H12BrIN2O3. The van der Waals surface area contributed by atoms with Crippen molar-refractivity contribution in [3.8, 4) is 0 Å². The number of rotatable bonds is 4. The Labute approximate surface area is 142 Å². The molecule has 1 heterocycles. The summed E-state index contributed by atoms with van der Waals surface area (Å²) in [6.45, 7) is 0.0796. The zero-order chi connectivity index (χ0) is 15.4. The van der Waals surface area contributed by atoms with Gasteiger partial charge in [0.25, 0.3) is 5.56 Å².